The van der Waals surface area contributed by atoms with Crippen LogP contribution in [-0.4, -0.2) is 47.8 Å². The van der Waals surface area contributed by atoms with E-state index >= 15 is 0 Å². The van der Waals surface area contributed by atoms with Gasteiger partial charge >= 0.3 is 0 Å². The molecule has 0 bridgehead atoms. The fraction of sp³-hybridized carbons (Fsp3) is 0.538. The molecule has 0 radical (unpaired) electrons. The standard InChI is InChI=1S/C13H22N2OS/c1-15(10-8-14-9-11-17(2)16)12-13-6-4-3-5-7-13/h3-7,14H,8-12H2,1-2H3. The molecule has 0 fully saturated rings. The minimum atomic E-state index is -0.687. The van der Waals surface area contributed by atoms with Gasteiger partial charge in [-0.2, -0.15) is 0 Å². The molecule has 4 heteroatoms. The molecule has 0 amide bonds. The van der Waals surface area contributed by atoms with Crippen molar-refractivity contribution in [1.82, 2.24) is 10.2 Å². The maximum atomic E-state index is 10.8. The Hall–Kier alpha value is -0.710. The highest BCUT2D eigenvalue weighted by molar-refractivity contribution is 7.84. The first-order valence-electron chi connectivity index (χ1n) is 5.91. The Morgan fingerprint density at radius 2 is 1.94 bits per heavy atom. The zero-order valence-corrected chi connectivity index (χ0v) is 11.5. The van der Waals surface area contributed by atoms with Gasteiger partial charge in [-0.25, -0.2) is 0 Å². The predicted octanol–water partition coefficient (Wildman–Crippen LogP) is 1.09. The predicted molar refractivity (Wildman–Crippen MR) is 74.6 cm³/mol. The van der Waals surface area contributed by atoms with Crippen molar-refractivity contribution < 1.29 is 4.21 Å². The second-order valence-electron chi connectivity index (χ2n) is 4.25. The third kappa shape index (κ3) is 7.26. The van der Waals surface area contributed by atoms with Gasteiger partial charge in [-0.15, -0.1) is 0 Å². The van der Waals surface area contributed by atoms with Gasteiger partial charge < -0.3 is 10.2 Å². The number of nitrogens with zero attached hydrogens (tertiary/aromatic N) is 1. The van der Waals surface area contributed by atoms with Gasteiger partial charge in [-0.1, -0.05) is 30.3 Å². The van der Waals surface area contributed by atoms with Crippen LogP contribution in [0.5, 0.6) is 0 Å². The van der Waals surface area contributed by atoms with Crippen LogP contribution >= 0.6 is 0 Å². The van der Waals surface area contributed by atoms with Gasteiger partial charge in [-0.05, 0) is 12.6 Å². The molecule has 0 spiro atoms. The monoisotopic (exact) mass is 254 g/mol. The van der Waals surface area contributed by atoms with Crippen LogP contribution in [0.15, 0.2) is 30.3 Å². The van der Waals surface area contributed by atoms with Gasteiger partial charge in [0.25, 0.3) is 0 Å². The zero-order chi connectivity index (χ0) is 12.5. The number of hydrogen-bond acceptors (Lipinski definition) is 3. The van der Waals surface area contributed by atoms with Crippen molar-refractivity contribution in [3.8, 4) is 0 Å². The lowest BCUT2D eigenvalue weighted by molar-refractivity contribution is 0.326. The molecule has 0 aromatic heterocycles. The molecule has 0 heterocycles. The van der Waals surface area contributed by atoms with Crippen LogP contribution in [0.25, 0.3) is 0 Å². The minimum absolute atomic E-state index is 0.687. The van der Waals surface area contributed by atoms with E-state index in [1.807, 2.05) is 6.07 Å². The summed E-state index contributed by atoms with van der Waals surface area (Å²) in [5.74, 6) is 0.738. The summed E-state index contributed by atoms with van der Waals surface area (Å²) >= 11 is 0. The number of hydrogen-bond donors (Lipinski definition) is 1. The zero-order valence-electron chi connectivity index (χ0n) is 10.7. The van der Waals surface area contributed by atoms with Crippen LogP contribution in [0.4, 0.5) is 0 Å². The lowest BCUT2D eigenvalue weighted by Crippen LogP contribution is -2.30. The molecule has 96 valence electrons. The third-order valence-electron chi connectivity index (χ3n) is 2.53. The van der Waals surface area contributed by atoms with Gasteiger partial charge in [0.05, 0.1) is 0 Å². The average Bonchev–Trinajstić information content (AvgIpc) is 2.29. The van der Waals surface area contributed by atoms with E-state index in [1.54, 1.807) is 6.26 Å². The van der Waals surface area contributed by atoms with Crippen molar-refractivity contribution in [3.63, 3.8) is 0 Å². The molecule has 1 rings (SSSR count). The van der Waals surface area contributed by atoms with E-state index in [4.69, 9.17) is 0 Å². The first kappa shape index (κ1) is 14.4. The van der Waals surface area contributed by atoms with E-state index < -0.39 is 10.8 Å². The van der Waals surface area contributed by atoms with Crippen molar-refractivity contribution in [2.24, 2.45) is 0 Å². The minimum Gasteiger partial charge on any atom is -0.315 e. The molecule has 17 heavy (non-hydrogen) atoms. The second-order valence-corrected chi connectivity index (χ2v) is 5.81. The van der Waals surface area contributed by atoms with Crippen LogP contribution in [0, 0.1) is 0 Å². The fourth-order valence-corrected chi connectivity index (χ4v) is 2.02. The Morgan fingerprint density at radius 1 is 1.24 bits per heavy atom. The molecule has 1 aromatic rings. The smallest absolute Gasteiger partial charge is 0.0357 e. The van der Waals surface area contributed by atoms with E-state index in [1.165, 1.54) is 5.56 Å². The Bertz CT molecular complexity index is 329. The molecule has 0 aliphatic heterocycles. The summed E-state index contributed by atoms with van der Waals surface area (Å²) in [6.45, 7) is 3.76. The van der Waals surface area contributed by atoms with E-state index in [9.17, 15) is 4.21 Å². The van der Waals surface area contributed by atoms with Crippen LogP contribution in [0.1, 0.15) is 5.56 Å². The van der Waals surface area contributed by atoms with E-state index in [2.05, 4.69) is 41.5 Å². The van der Waals surface area contributed by atoms with Crippen molar-refractivity contribution in [2.75, 3.05) is 38.7 Å². The SMILES string of the molecule is CN(CCNCCS(C)=O)Cc1ccccc1. The lowest BCUT2D eigenvalue weighted by atomic mass is 10.2. The molecule has 1 aromatic carbocycles. The summed E-state index contributed by atoms with van der Waals surface area (Å²) in [5.41, 5.74) is 1.34. The number of benzene rings is 1. The average molecular weight is 254 g/mol. The summed E-state index contributed by atoms with van der Waals surface area (Å²) in [7, 11) is 1.43. The maximum absolute atomic E-state index is 10.8. The molecule has 1 atom stereocenters. The molecule has 0 saturated heterocycles. The molecule has 0 aliphatic rings. The molecule has 0 aliphatic carbocycles. The highest BCUT2D eigenvalue weighted by Crippen LogP contribution is 2.01. The van der Waals surface area contributed by atoms with Crippen molar-refractivity contribution in [3.05, 3.63) is 35.9 Å². The van der Waals surface area contributed by atoms with Gasteiger partial charge in [0.1, 0.15) is 0 Å². The summed E-state index contributed by atoms with van der Waals surface area (Å²) in [6.07, 6.45) is 1.74. The van der Waals surface area contributed by atoms with Gasteiger partial charge in [0, 0.05) is 49.0 Å². The normalized spacial score (nSPS) is 12.9. The molecule has 0 saturated carbocycles. The van der Waals surface area contributed by atoms with Crippen molar-refractivity contribution in [1.29, 1.82) is 0 Å². The Labute approximate surface area is 107 Å². The summed E-state index contributed by atoms with van der Waals surface area (Å²) in [4.78, 5) is 2.28. The van der Waals surface area contributed by atoms with Crippen LogP contribution < -0.4 is 5.32 Å². The number of nitrogens with one attached hydrogen (secondary N) is 1. The lowest BCUT2D eigenvalue weighted by Gasteiger charge is -2.16. The number of rotatable bonds is 8. The van der Waals surface area contributed by atoms with Crippen molar-refractivity contribution >= 4 is 10.8 Å². The van der Waals surface area contributed by atoms with Crippen LogP contribution in [-0.2, 0) is 17.3 Å². The molecular formula is C13H22N2OS. The third-order valence-corrected chi connectivity index (χ3v) is 3.31. The Balaban J connectivity index is 2.09. The molecule has 3 nitrogen and oxygen atoms in total. The summed E-state index contributed by atoms with van der Waals surface area (Å²) in [5, 5.41) is 3.30. The molecular weight excluding hydrogens is 232 g/mol. The maximum Gasteiger partial charge on any atom is 0.0357 e. The second kappa shape index (κ2) is 8.39. The largest absolute Gasteiger partial charge is 0.315 e. The van der Waals surface area contributed by atoms with Crippen molar-refractivity contribution in [2.45, 2.75) is 6.54 Å². The number of likely N-dealkylation sites (N-methyl/N-ethyl adjacent to an activating group) is 1. The topological polar surface area (TPSA) is 32.3 Å². The Morgan fingerprint density at radius 3 is 2.59 bits per heavy atom. The van der Waals surface area contributed by atoms with Crippen LogP contribution in [0.3, 0.4) is 0 Å². The first-order chi connectivity index (χ1) is 8.18. The van der Waals surface area contributed by atoms with E-state index in [0.29, 0.717) is 0 Å². The van der Waals surface area contributed by atoms with Crippen LogP contribution in [0.2, 0.25) is 0 Å². The molecule has 1 unspecified atom stereocenters. The van der Waals surface area contributed by atoms with Gasteiger partial charge in [0.2, 0.25) is 0 Å². The highest BCUT2D eigenvalue weighted by atomic mass is 32.2. The Kier molecular flexibility index (Phi) is 7.08. The van der Waals surface area contributed by atoms with Gasteiger partial charge in [0.15, 0.2) is 0 Å². The fourth-order valence-electron chi connectivity index (χ4n) is 1.58. The summed E-state index contributed by atoms with van der Waals surface area (Å²) in [6, 6.07) is 10.5. The molecule has 1 N–H and O–H groups in total. The van der Waals surface area contributed by atoms with E-state index in [-0.39, 0.29) is 0 Å². The van der Waals surface area contributed by atoms with E-state index in [0.717, 1.165) is 31.9 Å². The summed E-state index contributed by atoms with van der Waals surface area (Å²) < 4.78 is 10.8. The van der Waals surface area contributed by atoms with Gasteiger partial charge in [-0.3, -0.25) is 4.21 Å². The first-order valence-corrected chi connectivity index (χ1v) is 7.64. The quantitative estimate of drug-likeness (QED) is 0.705. The highest BCUT2D eigenvalue weighted by Gasteiger charge is 1.99.